The lowest BCUT2D eigenvalue weighted by Crippen LogP contribution is -2.46. The predicted molar refractivity (Wildman–Crippen MR) is 84.7 cm³/mol. The van der Waals surface area contributed by atoms with Crippen LogP contribution in [0.2, 0.25) is 0 Å². The third-order valence-corrected chi connectivity index (χ3v) is 3.88. The number of piperidine rings is 1. The molecular formula is C17H21FN2O4. The van der Waals surface area contributed by atoms with Gasteiger partial charge in [-0.1, -0.05) is 6.07 Å². The molecule has 1 fully saturated rings. The maximum atomic E-state index is 13.1. The van der Waals surface area contributed by atoms with E-state index in [1.54, 1.807) is 11.8 Å². The summed E-state index contributed by atoms with van der Waals surface area (Å²) in [4.78, 5) is 37.5. The number of carbonyl (C=O) groups excluding carboxylic acids is 3. The molecule has 1 heterocycles. The molecule has 7 heteroatoms. The van der Waals surface area contributed by atoms with Crippen LogP contribution in [0.25, 0.3) is 0 Å². The SMILES string of the molecule is CCOC(=O)C1CCCN(C(=O)CNC(=O)c2cccc(F)c2)C1. The Morgan fingerprint density at radius 2 is 2.17 bits per heavy atom. The second-order valence-corrected chi connectivity index (χ2v) is 5.62. The Morgan fingerprint density at radius 3 is 2.88 bits per heavy atom. The average molecular weight is 336 g/mol. The molecule has 2 amide bonds. The maximum Gasteiger partial charge on any atom is 0.310 e. The molecular weight excluding hydrogens is 315 g/mol. The molecule has 24 heavy (non-hydrogen) atoms. The van der Waals surface area contributed by atoms with Crippen molar-refractivity contribution in [3.05, 3.63) is 35.6 Å². The van der Waals surface area contributed by atoms with Crippen molar-refractivity contribution in [3.63, 3.8) is 0 Å². The molecule has 1 unspecified atom stereocenters. The normalized spacial score (nSPS) is 17.2. The predicted octanol–water partition coefficient (Wildman–Crippen LogP) is 1.36. The molecule has 1 atom stereocenters. The number of rotatable bonds is 5. The van der Waals surface area contributed by atoms with Crippen LogP contribution >= 0.6 is 0 Å². The van der Waals surface area contributed by atoms with E-state index in [0.29, 0.717) is 32.5 Å². The topological polar surface area (TPSA) is 75.7 Å². The molecule has 1 aromatic carbocycles. The Bertz CT molecular complexity index is 620. The number of ether oxygens (including phenoxy) is 1. The third kappa shape index (κ3) is 4.78. The lowest BCUT2D eigenvalue weighted by molar-refractivity contribution is -0.151. The van der Waals surface area contributed by atoms with Crippen LogP contribution in [0, 0.1) is 11.7 Å². The first-order chi connectivity index (χ1) is 11.5. The summed E-state index contributed by atoms with van der Waals surface area (Å²) in [5.41, 5.74) is 0.158. The standard InChI is InChI=1S/C17H21FN2O4/c1-2-24-17(23)13-6-4-8-20(11-13)15(21)10-19-16(22)12-5-3-7-14(18)9-12/h3,5,7,9,13H,2,4,6,8,10-11H2,1H3,(H,19,22). The van der Waals surface area contributed by atoms with E-state index in [2.05, 4.69) is 5.32 Å². The third-order valence-electron chi connectivity index (χ3n) is 3.88. The van der Waals surface area contributed by atoms with Gasteiger partial charge in [0.2, 0.25) is 5.91 Å². The fourth-order valence-corrected chi connectivity index (χ4v) is 2.66. The molecule has 1 aliphatic rings. The summed E-state index contributed by atoms with van der Waals surface area (Å²) >= 11 is 0. The van der Waals surface area contributed by atoms with Crippen molar-refractivity contribution < 1.29 is 23.5 Å². The lowest BCUT2D eigenvalue weighted by atomic mass is 9.98. The Labute approximate surface area is 140 Å². The second-order valence-electron chi connectivity index (χ2n) is 5.62. The molecule has 0 saturated carbocycles. The van der Waals surface area contributed by atoms with E-state index in [-0.39, 0.29) is 29.9 Å². The quantitative estimate of drug-likeness (QED) is 0.824. The Hall–Kier alpha value is -2.44. The van der Waals surface area contributed by atoms with Gasteiger partial charge in [-0.2, -0.15) is 0 Å². The molecule has 0 aromatic heterocycles. The van der Waals surface area contributed by atoms with E-state index in [1.165, 1.54) is 18.2 Å². The summed E-state index contributed by atoms with van der Waals surface area (Å²) in [5.74, 6) is -1.90. The molecule has 2 rings (SSSR count). The van der Waals surface area contributed by atoms with Crippen LogP contribution in [-0.2, 0) is 14.3 Å². The minimum atomic E-state index is -0.512. The monoisotopic (exact) mass is 336 g/mol. The average Bonchev–Trinajstić information content (AvgIpc) is 2.59. The highest BCUT2D eigenvalue weighted by molar-refractivity contribution is 5.96. The molecule has 1 saturated heterocycles. The molecule has 0 aliphatic carbocycles. The summed E-state index contributed by atoms with van der Waals surface area (Å²) < 4.78 is 18.1. The number of nitrogens with one attached hydrogen (secondary N) is 1. The van der Waals surface area contributed by atoms with Gasteiger partial charge in [-0.05, 0) is 38.0 Å². The molecule has 0 radical (unpaired) electrons. The van der Waals surface area contributed by atoms with Crippen molar-refractivity contribution in [1.82, 2.24) is 10.2 Å². The van der Waals surface area contributed by atoms with E-state index < -0.39 is 11.7 Å². The van der Waals surface area contributed by atoms with E-state index in [1.807, 2.05) is 0 Å². The van der Waals surface area contributed by atoms with E-state index in [4.69, 9.17) is 4.74 Å². The van der Waals surface area contributed by atoms with Crippen LogP contribution in [0.15, 0.2) is 24.3 Å². The summed E-state index contributed by atoms with van der Waals surface area (Å²) in [6, 6.07) is 5.25. The fraction of sp³-hybridized carbons (Fsp3) is 0.471. The zero-order chi connectivity index (χ0) is 17.5. The van der Waals surface area contributed by atoms with Crippen LogP contribution < -0.4 is 5.32 Å². The van der Waals surface area contributed by atoms with E-state index >= 15 is 0 Å². The number of halogens is 1. The van der Waals surface area contributed by atoms with Gasteiger partial charge in [0.15, 0.2) is 0 Å². The van der Waals surface area contributed by atoms with Crippen molar-refractivity contribution in [2.24, 2.45) is 5.92 Å². The number of hydrogen-bond donors (Lipinski definition) is 1. The van der Waals surface area contributed by atoms with Gasteiger partial charge in [-0.15, -0.1) is 0 Å². The number of benzene rings is 1. The molecule has 1 aromatic rings. The van der Waals surface area contributed by atoms with Crippen molar-refractivity contribution in [2.75, 3.05) is 26.2 Å². The Balaban J connectivity index is 1.85. The number of amides is 2. The molecule has 1 aliphatic heterocycles. The highest BCUT2D eigenvalue weighted by Crippen LogP contribution is 2.18. The van der Waals surface area contributed by atoms with E-state index in [9.17, 15) is 18.8 Å². The first kappa shape index (κ1) is 17.9. The van der Waals surface area contributed by atoms with Gasteiger partial charge < -0.3 is 15.0 Å². The Kier molecular flexibility index (Phi) is 6.28. The first-order valence-corrected chi connectivity index (χ1v) is 7.99. The van der Waals surface area contributed by atoms with Crippen molar-refractivity contribution in [3.8, 4) is 0 Å². The van der Waals surface area contributed by atoms with E-state index in [0.717, 1.165) is 6.07 Å². The largest absolute Gasteiger partial charge is 0.466 e. The minimum absolute atomic E-state index is 0.158. The smallest absolute Gasteiger partial charge is 0.310 e. The van der Waals surface area contributed by atoms with Crippen LogP contribution in [0.4, 0.5) is 4.39 Å². The molecule has 1 N–H and O–H groups in total. The number of nitrogens with zero attached hydrogens (tertiary/aromatic N) is 1. The van der Waals surface area contributed by atoms with Crippen LogP contribution in [0.5, 0.6) is 0 Å². The zero-order valence-corrected chi connectivity index (χ0v) is 13.6. The number of carbonyl (C=O) groups is 3. The minimum Gasteiger partial charge on any atom is -0.466 e. The van der Waals surface area contributed by atoms with Crippen LogP contribution in [0.1, 0.15) is 30.1 Å². The van der Waals surface area contributed by atoms with Gasteiger partial charge in [-0.3, -0.25) is 14.4 Å². The van der Waals surface area contributed by atoms with Crippen LogP contribution in [-0.4, -0.2) is 48.9 Å². The molecule has 0 bridgehead atoms. The number of hydrogen-bond acceptors (Lipinski definition) is 4. The number of likely N-dealkylation sites (tertiary alicyclic amines) is 1. The van der Waals surface area contributed by atoms with Gasteiger partial charge in [0.25, 0.3) is 5.91 Å². The summed E-state index contributed by atoms with van der Waals surface area (Å²) in [6.07, 6.45) is 1.41. The van der Waals surface area contributed by atoms with Crippen LogP contribution in [0.3, 0.4) is 0 Å². The second kappa shape index (κ2) is 8.42. The van der Waals surface area contributed by atoms with Crippen molar-refractivity contribution in [1.29, 1.82) is 0 Å². The van der Waals surface area contributed by atoms with Gasteiger partial charge in [0, 0.05) is 18.7 Å². The van der Waals surface area contributed by atoms with Gasteiger partial charge in [0.05, 0.1) is 19.1 Å². The zero-order valence-electron chi connectivity index (χ0n) is 13.6. The van der Waals surface area contributed by atoms with Gasteiger partial charge in [0.1, 0.15) is 5.82 Å². The molecule has 6 nitrogen and oxygen atoms in total. The maximum absolute atomic E-state index is 13.1. The fourth-order valence-electron chi connectivity index (χ4n) is 2.66. The summed E-state index contributed by atoms with van der Waals surface area (Å²) in [5, 5.41) is 2.48. The van der Waals surface area contributed by atoms with Crippen molar-refractivity contribution in [2.45, 2.75) is 19.8 Å². The number of esters is 1. The summed E-state index contributed by atoms with van der Waals surface area (Å²) in [7, 11) is 0. The summed E-state index contributed by atoms with van der Waals surface area (Å²) in [6.45, 7) is 2.71. The molecule has 0 spiro atoms. The first-order valence-electron chi connectivity index (χ1n) is 7.99. The molecule has 130 valence electrons. The van der Waals surface area contributed by atoms with Gasteiger partial charge >= 0.3 is 5.97 Å². The Morgan fingerprint density at radius 1 is 1.38 bits per heavy atom. The highest BCUT2D eigenvalue weighted by atomic mass is 19.1. The van der Waals surface area contributed by atoms with Crippen molar-refractivity contribution >= 4 is 17.8 Å². The highest BCUT2D eigenvalue weighted by Gasteiger charge is 2.29. The lowest BCUT2D eigenvalue weighted by Gasteiger charge is -2.31. The van der Waals surface area contributed by atoms with Gasteiger partial charge in [-0.25, -0.2) is 4.39 Å².